The van der Waals surface area contributed by atoms with E-state index >= 15 is 0 Å². The summed E-state index contributed by atoms with van der Waals surface area (Å²) in [6, 6.07) is 5.91. The fourth-order valence-electron chi connectivity index (χ4n) is 5.31. The fraction of sp³-hybridized carbons (Fsp3) is 0.647. The molecule has 5 rings (SSSR count). The molecule has 1 aromatic rings. The van der Waals surface area contributed by atoms with Gasteiger partial charge in [-0.3, -0.25) is 0 Å². The van der Waals surface area contributed by atoms with Gasteiger partial charge in [0.25, 0.3) is 0 Å². The molecule has 4 aliphatic carbocycles. The number of nitrogens with one attached hydrogen (secondary N) is 1. The molecule has 0 amide bonds. The number of para-hydroxylation sites is 1. The van der Waals surface area contributed by atoms with E-state index in [2.05, 4.69) is 21.2 Å². The van der Waals surface area contributed by atoms with Crippen LogP contribution in [0.3, 0.4) is 0 Å². The second kappa shape index (κ2) is 4.74. The van der Waals surface area contributed by atoms with Gasteiger partial charge in [0.05, 0.1) is 4.47 Å². The van der Waals surface area contributed by atoms with E-state index in [1.165, 1.54) is 38.5 Å². The number of hydrogen-bond acceptors (Lipinski definition) is 2. The first-order valence-corrected chi connectivity index (χ1v) is 8.64. The average molecular weight is 336 g/mol. The Hall–Kier alpha value is -0.540. The topological polar surface area (TPSA) is 32.3 Å². The molecule has 0 radical (unpaired) electrons. The summed E-state index contributed by atoms with van der Waals surface area (Å²) >= 11 is 3.40. The number of halogens is 1. The average Bonchev–Trinajstić information content (AvgIpc) is 2.39. The molecular formula is C17H22BrNO. The zero-order valence-corrected chi connectivity index (χ0v) is 13.3. The van der Waals surface area contributed by atoms with Gasteiger partial charge in [0, 0.05) is 17.6 Å². The molecule has 4 saturated carbocycles. The van der Waals surface area contributed by atoms with Gasteiger partial charge in [-0.15, -0.1) is 0 Å². The molecule has 4 bridgehead atoms. The van der Waals surface area contributed by atoms with Crippen LogP contribution >= 0.6 is 15.9 Å². The molecule has 108 valence electrons. The molecule has 0 atom stereocenters. The highest BCUT2D eigenvalue weighted by Gasteiger charge is 2.50. The molecule has 0 aliphatic heterocycles. The summed E-state index contributed by atoms with van der Waals surface area (Å²) in [6.45, 7) is 0.789. The van der Waals surface area contributed by atoms with Gasteiger partial charge >= 0.3 is 0 Å². The molecule has 4 aliphatic rings. The van der Waals surface area contributed by atoms with Gasteiger partial charge in [-0.2, -0.15) is 0 Å². The van der Waals surface area contributed by atoms with Crippen LogP contribution in [0.5, 0.6) is 5.75 Å². The number of aromatic hydroxyl groups is 1. The lowest BCUT2D eigenvalue weighted by atomic mass is 9.53. The summed E-state index contributed by atoms with van der Waals surface area (Å²) < 4.78 is 0.794. The lowest BCUT2D eigenvalue weighted by Gasteiger charge is -2.57. The number of phenols is 1. The molecule has 1 aromatic carbocycles. The summed E-state index contributed by atoms with van der Waals surface area (Å²) in [6.07, 6.45) is 8.49. The molecule has 4 fully saturated rings. The highest BCUT2D eigenvalue weighted by Crippen LogP contribution is 2.55. The first kappa shape index (κ1) is 13.1. The molecule has 20 heavy (non-hydrogen) atoms. The van der Waals surface area contributed by atoms with Crippen molar-refractivity contribution in [3.63, 3.8) is 0 Å². The zero-order valence-electron chi connectivity index (χ0n) is 11.7. The van der Waals surface area contributed by atoms with Crippen molar-refractivity contribution in [3.05, 3.63) is 28.2 Å². The van der Waals surface area contributed by atoms with E-state index in [4.69, 9.17) is 0 Å². The van der Waals surface area contributed by atoms with E-state index in [0.29, 0.717) is 11.3 Å². The minimum atomic E-state index is 0.365. The van der Waals surface area contributed by atoms with E-state index < -0.39 is 0 Å². The minimum Gasteiger partial charge on any atom is -0.506 e. The van der Waals surface area contributed by atoms with Gasteiger partial charge in [-0.1, -0.05) is 12.1 Å². The van der Waals surface area contributed by atoms with Crippen molar-refractivity contribution in [1.82, 2.24) is 5.32 Å². The summed E-state index contributed by atoms with van der Waals surface area (Å²) in [5, 5.41) is 14.0. The van der Waals surface area contributed by atoms with Crippen LogP contribution in [-0.4, -0.2) is 10.6 Å². The molecule has 0 heterocycles. The second-order valence-corrected chi connectivity index (χ2v) is 8.15. The van der Waals surface area contributed by atoms with Crippen molar-refractivity contribution in [2.75, 3.05) is 0 Å². The van der Waals surface area contributed by atoms with E-state index in [9.17, 15) is 5.11 Å². The third-order valence-electron chi connectivity index (χ3n) is 5.76. The second-order valence-electron chi connectivity index (χ2n) is 7.30. The van der Waals surface area contributed by atoms with Crippen molar-refractivity contribution in [2.45, 2.75) is 50.6 Å². The van der Waals surface area contributed by atoms with Crippen molar-refractivity contribution in [3.8, 4) is 5.75 Å². The molecular weight excluding hydrogens is 314 g/mol. The van der Waals surface area contributed by atoms with Crippen molar-refractivity contribution >= 4 is 15.9 Å². The minimum absolute atomic E-state index is 0.365. The predicted molar refractivity (Wildman–Crippen MR) is 83.5 cm³/mol. The number of hydrogen-bond donors (Lipinski definition) is 2. The summed E-state index contributed by atoms with van der Waals surface area (Å²) in [5.74, 6) is 3.28. The Morgan fingerprint density at radius 3 is 2.30 bits per heavy atom. The standard InChI is InChI=1S/C17H22BrNO/c18-15-3-1-2-14(16(15)20)10-19-17-7-11-4-12(8-17)6-13(5-11)9-17/h1-3,11-13,19-20H,4-10H2. The highest BCUT2D eigenvalue weighted by molar-refractivity contribution is 9.10. The summed E-state index contributed by atoms with van der Waals surface area (Å²) in [7, 11) is 0. The zero-order chi connectivity index (χ0) is 13.7. The lowest BCUT2D eigenvalue weighted by molar-refractivity contribution is -0.0206. The van der Waals surface area contributed by atoms with Gasteiger partial charge in [-0.25, -0.2) is 0 Å². The van der Waals surface area contributed by atoms with Crippen LogP contribution in [-0.2, 0) is 6.54 Å². The number of rotatable bonds is 3. The number of benzene rings is 1. The summed E-state index contributed by atoms with van der Waals surface area (Å²) in [4.78, 5) is 0. The quantitative estimate of drug-likeness (QED) is 0.866. The molecule has 3 heteroatoms. The Bertz CT molecular complexity index is 492. The van der Waals surface area contributed by atoms with Crippen LogP contribution in [0.4, 0.5) is 0 Å². The van der Waals surface area contributed by atoms with Crippen LogP contribution < -0.4 is 5.32 Å². The third-order valence-corrected chi connectivity index (χ3v) is 6.40. The Labute approximate surface area is 129 Å². The van der Waals surface area contributed by atoms with Gasteiger partial charge in [-0.05, 0) is 78.3 Å². The normalized spacial score (nSPS) is 38.4. The van der Waals surface area contributed by atoms with E-state index in [0.717, 1.165) is 34.3 Å². The monoisotopic (exact) mass is 335 g/mol. The maximum atomic E-state index is 10.1. The molecule has 0 aromatic heterocycles. The van der Waals surface area contributed by atoms with Crippen molar-refractivity contribution in [2.24, 2.45) is 17.8 Å². The Morgan fingerprint density at radius 2 is 1.70 bits per heavy atom. The smallest absolute Gasteiger partial charge is 0.134 e. The Kier molecular flexibility index (Phi) is 3.11. The molecule has 0 saturated heterocycles. The van der Waals surface area contributed by atoms with Crippen LogP contribution in [0.15, 0.2) is 22.7 Å². The maximum absolute atomic E-state index is 10.1. The molecule has 0 unspecified atom stereocenters. The SMILES string of the molecule is Oc1c(Br)cccc1CNC12CC3CC(CC(C3)C1)C2. The first-order valence-electron chi connectivity index (χ1n) is 7.85. The van der Waals surface area contributed by atoms with Crippen molar-refractivity contribution in [1.29, 1.82) is 0 Å². The van der Waals surface area contributed by atoms with Gasteiger partial charge in [0.2, 0.25) is 0 Å². The Morgan fingerprint density at radius 1 is 1.10 bits per heavy atom. The van der Waals surface area contributed by atoms with E-state index in [1.54, 1.807) is 0 Å². The van der Waals surface area contributed by atoms with Gasteiger partial charge < -0.3 is 10.4 Å². The molecule has 2 nitrogen and oxygen atoms in total. The van der Waals surface area contributed by atoms with Crippen molar-refractivity contribution < 1.29 is 5.11 Å². The highest BCUT2D eigenvalue weighted by atomic mass is 79.9. The van der Waals surface area contributed by atoms with Crippen LogP contribution in [0.1, 0.15) is 44.1 Å². The number of phenolic OH excluding ortho intramolecular Hbond substituents is 1. The lowest BCUT2D eigenvalue weighted by Crippen LogP contribution is -2.58. The fourth-order valence-corrected chi connectivity index (χ4v) is 5.72. The van der Waals surface area contributed by atoms with E-state index in [-0.39, 0.29) is 0 Å². The van der Waals surface area contributed by atoms with Gasteiger partial charge in [0.15, 0.2) is 0 Å². The first-order chi connectivity index (χ1) is 9.63. The van der Waals surface area contributed by atoms with Gasteiger partial charge in [0.1, 0.15) is 5.75 Å². The summed E-state index contributed by atoms with van der Waals surface area (Å²) in [5.41, 5.74) is 1.37. The van der Waals surface area contributed by atoms with Crippen LogP contribution in [0.2, 0.25) is 0 Å². The molecule has 2 N–H and O–H groups in total. The molecule has 0 spiro atoms. The van der Waals surface area contributed by atoms with E-state index in [1.807, 2.05) is 18.2 Å². The Balaban J connectivity index is 1.50. The largest absolute Gasteiger partial charge is 0.506 e. The third kappa shape index (κ3) is 2.19. The van der Waals surface area contributed by atoms with Crippen LogP contribution in [0.25, 0.3) is 0 Å². The predicted octanol–water partition coefficient (Wildman–Crippen LogP) is 4.21. The maximum Gasteiger partial charge on any atom is 0.134 e. The van der Waals surface area contributed by atoms with Crippen LogP contribution in [0, 0.1) is 17.8 Å².